The molecule has 3 heterocycles. The average molecular weight is 487 g/mol. The van der Waals surface area contributed by atoms with Crippen molar-refractivity contribution in [1.29, 1.82) is 0 Å². The number of halogens is 2. The van der Waals surface area contributed by atoms with Crippen molar-refractivity contribution >= 4 is 32.7 Å². The van der Waals surface area contributed by atoms with Crippen molar-refractivity contribution in [2.75, 3.05) is 11.9 Å². The van der Waals surface area contributed by atoms with Crippen molar-refractivity contribution in [3.05, 3.63) is 54.7 Å². The average Bonchev–Trinajstić information content (AvgIpc) is 3.25. The summed E-state index contributed by atoms with van der Waals surface area (Å²) in [5.74, 6) is -0.315. The summed E-state index contributed by atoms with van der Waals surface area (Å²) in [5.41, 5.74) is 3.26. The minimum Gasteiger partial charge on any atom is -0.384 e. The summed E-state index contributed by atoms with van der Waals surface area (Å²) in [6.07, 6.45) is -2.93. The molecule has 0 aliphatic rings. The van der Waals surface area contributed by atoms with Crippen LogP contribution in [0.3, 0.4) is 0 Å². The quantitative estimate of drug-likeness (QED) is 0.314. The van der Waals surface area contributed by atoms with Crippen molar-refractivity contribution in [2.45, 2.75) is 25.6 Å². The topological polar surface area (TPSA) is 133 Å². The maximum atomic E-state index is 12.7. The fourth-order valence-electron chi connectivity index (χ4n) is 3.20. The molecule has 2 amide bonds. The number of pyridine rings is 1. The Morgan fingerprint density at radius 1 is 1.12 bits per heavy atom. The normalized spacial score (nSPS) is 13.1. The zero-order valence-corrected chi connectivity index (χ0v) is 18.6. The SMILES string of the molecule is CCNC(=O)Nc1nc2cc(-c3cnc(C(O)C(O)C(F)F)nc3)cc(-c3ccccn3)c2s1. The van der Waals surface area contributed by atoms with Crippen LogP contribution in [0, 0.1) is 0 Å². The highest BCUT2D eigenvalue weighted by atomic mass is 32.1. The van der Waals surface area contributed by atoms with Gasteiger partial charge in [-0.2, -0.15) is 0 Å². The second-order valence-electron chi connectivity index (χ2n) is 7.19. The third-order valence-corrected chi connectivity index (χ3v) is 5.86. The van der Waals surface area contributed by atoms with Crippen molar-refractivity contribution in [3.8, 4) is 22.4 Å². The van der Waals surface area contributed by atoms with Crippen LogP contribution < -0.4 is 10.6 Å². The van der Waals surface area contributed by atoms with Gasteiger partial charge in [0.2, 0.25) is 0 Å². The van der Waals surface area contributed by atoms with E-state index < -0.39 is 18.6 Å². The zero-order valence-electron chi connectivity index (χ0n) is 17.8. The molecule has 1 aromatic carbocycles. The van der Waals surface area contributed by atoms with Crippen LogP contribution >= 0.6 is 11.3 Å². The molecule has 0 aliphatic carbocycles. The van der Waals surface area contributed by atoms with E-state index in [1.807, 2.05) is 25.1 Å². The maximum absolute atomic E-state index is 12.7. The van der Waals surface area contributed by atoms with E-state index in [4.69, 9.17) is 0 Å². The van der Waals surface area contributed by atoms with Gasteiger partial charge in [0.15, 0.2) is 11.0 Å². The summed E-state index contributed by atoms with van der Waals surface area (Å²) in [6, 6.07) is 8.77. The molecule has 0 spiro atoms. The van der Waals surface area contributed by atoms with Crippen LogP contribution in [-0.4, -0.2) is 55.3 Å². The highest BCUT2D eigenvalue weighted by molar-refractivity contribution is 7.22. The Hall–Kier alpha value is -3.61. The molecule has 4 N–H and O–H groups in total. The smallest absolute Gasteiger partial charge is 0.321 e. The zero-order chi connectivity index (χ0) is 24.2. The highest BCUT2D eigenvalue weighted by Gasteiger charge is 2.29. The number of benzene rings is 1. The highest BCUT2D eigenvalue weighted by Crippen LogP contribution is 2.38. The summed E-state index contributed by atoms with van der Waals surface area (Å²) in [5, 5.41) is 25.0. The van der Waals surface area contributed by atoms with E-state index in [1.165, 1.54) is 23.7 Å². The maximum Gasteiger partial charge on any atom is 0.321 e. The Balaban J connectivity index is 1.75. The molecule has 9 nitrogen and oxygen atoms in total. The molecule has 3 aromatic heterocycles. The number of rotatable bonds is 7. The van der Waals surface area contributed by atoms with Gasteiger partial charge in [0.05, 0.1) is 15.9 Å². The van der Waals surface area contributed by atoms with Gasteiger partial charge in [0, 0.05) is 36.3 Å². The molecule has 34 heavy (non-hydrogen) atoms. The predicted octanol–water partition coefficient (Wildman–Crippen LogP) is 3.62. The lowest BCUT2D eigenvalue weighted by atomic mass is 10.0. The first-order valence-electron chi connectivity index (χ1n) is 10.2. The van der Waals surface area contributed by atoms with E-state index in [0.717, 1.165) is 10.3 Å². The second-order valence-corrected chi connectivity index (χ2v) is 8.19. The van der Waals surface area contributed by atoms with Crippen molar-refractivity contribution < 1.29 is 23.8 Å². The number of anilines is 1. The molecule has 4 rings (SSSR count). The van der Waals surface area contributed by atoms with Gasteiger partial charge < -0.3 is 15.5 Å². The van der Waals surface area contributed by atoms with Gasteiger partial charge in [-0.1, -0.05) is 17.4 Å². The summed E-state index contributed by atoms with van der Waals surface area (Å²) in [7, 11) is 0. The lowest BCUT2D eigenvalue weighted by Gasteiger charge is -2.15. The third-order valence-electron chi connectivity index (χ3n) is 4.84. The van der Waals surface area contributed by atoms with Crippen LogP contribution in [0.5, 0.6) is 0 Å². The van der Waals surface area contributed by atoms with E-state index in [9.17, 15) is 23.8 Å². The first-order valence-corrected chi connectivity index (χ1v) is 11.1. The van der Waals surface area contributed by atoms with E-state index in [2.05, 4.69) is 30.6 Å². The van der Waals surface area contributed by atoms with Crippen LogP contribution in [0.1, 0.15) is 18.9 Å². The number of aromatic nitrogens is 4. The van der Waals surface area contributed by atoms with Gasteiger partial charge in [-0.3, -0.25) is 10.3 Å². The van der Waals surface area contributed by atoms with Crippen LogP contribution in [0.4, 0.5) is 18.7 Å². The number of aliphatic hydroxyl groups excluding tert-OH is 2. The van der Waals surface area contributed by atoms with E-state index in [0.29, 0.717) is 34.0 Å². The monoisotopic (exact) mass is 486 g/mol. The summed E-state index contributed by atoms with van der Waals surface area (Å²) in [4.78, 5) is 28.8. The Kier molecular flexibility index (Phi) is 7.01. The van der Waals surface area contributed by atoms with Crippen LogP contribution in [-0.2, 0) is 0 Å². The van der Waals surface area contributed by atoms with Crippen LogP contribution in [0.25, 0.3) is 32.6 Å². The number of alkyl halides is 2. The number of amides is 2. The third kappa shape index (κ3) is 4.98. The number of fused-ring (bicyclic) bond motifs is 1. The van der Waals surface area contributed by atoms with E-state index in [-0.39, 0.29) is 11.9 Å². The molecule has 0 radical (unpaired) electrons. The number of hydrogen-bond donors (Lipinski definition) is 4. The lowest BCUT2D eigenvalue weighted by molar-refractivity contribution is -0.0800. The second kappa shape index (κ2) is 10.1. The number of urea groups is 1. The molecule has 0 saturated carbocycles. The number of nitrogens with one attached hydrogen (secondary N) is 2. The fraction of sp³-hybridized carbons (Fsp3) is 0.227. The first-order chi connectivity index (χ1) is 16.4. The number of aliphatic hydroxyl groups is 2. The molecule has 0 saturated heterocycles. The molecule has 0 aliphatic heterocycles. The first kappa shape index (κ1) is 23.5. The van der Waals surface area contributed by atoms with Crippen LogP contribution in [0.2, 0.25) is 0 Å². The molecule has 176 valence electrons. The van der Waals surface area contributed by atoms with Gasteiger partial charge in [-0.15, -0.1) is 0 Å². The predicted molar refractivity (Wildman–Crippen MR) is 124 cm³/mol. The molecule has 0 bridgehead atoms. The number of nitrogens with zero attached hydrogens (tertiary/aromatic N) is 4. The number of thiazole rings is 1. The lowest BCUT2D eigenvalue weighted by Crippen LogP contribution is -2.28. The Morgan fingerprint density at radius 2 is 1.88 bits per heavy atom. The Morgan fingerprint density at radius 3 is 2.53 bits per heavy atom. The summed E-state index contributed by atoms with van der Waals surface area (Å²) in [6.45, 7) is 2.28. The Bertz CT molecular complexity index is 1290. The number of carbonyl (C=O) groups is 1. The molecule has 2 atom stereocenters. The fourth-order valence-corrected chi connectivity index (χ4v) is 4.16. The van der Waals surface area contributed by atoms with Crippen LogP contribution in [0.15, 0.2) is 48.9 Å². The van der Waals surface area contributed by atoms with E-state index in [1.54, 1.807) is 18.3 Å². The van der Waals surface area contributed by atoms with Gasteiger partial charge >= 0.3 is 6.03 Å². The van der Waals surface area contributed by atoms with Crippen molar-refractivity contribution in [2.24, 2.45) is 0 Å². The molecule has 12 heteroatoms. The standard InChI is InChI=1S/C22H20F2N6O3S/c1-2-25-21(33)30-22-29-15-8-11(7-13(18(15)34-22)14-5-3-4-6-26-14)12-9-27-20(28-10-12)17(32)16(31)19(23)24/h3-10,16-17,19,31-32H,2H2,1H3,(H2,25,29,30,33). The molecular formula is C22H20F2N6O3S. The van der Waals surface area contributed by atoms with Gasteiger partial charge in [-0.05, 0) is 36.8 Å². The van der Waals surface area contributed by atoms with Gasteiger partial charge in [0.25, 0.3) is 6.43 Å². The Labute approximate surface area is 196 Å². The largest absolute Gasteiger partial charge is 0.384 e. The number of hydrogen-bond acceptors (Lipinski definition) is 8. The van der Waals surface area contributed by atoms with Gasteiger partial charge in [0.1, 0.15) is 12.2 Å². The molecule has 2 unspecified atom stereocenters. The summed E-state index contributed by atoms with van der Waals surface area (Å²) >= 11 is 1.30. The van der Waals surface area contributed by atoms with Crippen molar-refractivity contribution in [1.82, 2.24) is 25.3 Å². The van der Waals surface area contributed by atoms with E-state index >= 15 is 0 Å². The molecular weight excluding hydrogens is 466 g/mol. The summed E-state index contributed by atoms with van der Waals surface area (Å²) < 4.78 is 26.2. The molecule has 4 aromatic rings. The van der Waals surface area contributed by atoms with Crippen molar-refractivity contribution in [3.63, 3.8) is 0 Å². The van der Waals surface area contributed by atoms with Gasteiger partial charge in [-0.25, -0.2) is 28.5 Å². The minimum absolute atomic E-state index is 0.315. The molecule has 0 fully saturated rings. The number of carbonyl (C=O) groups excluding carboxylic acids is 1. The minimum atomic E-state index is -3.13.